The molecule has 5 rings (SSSR count). The highest BCUT2D eigenvalue weighted by Gasteiger charge is 2.28. The Morgan fingerprint density at radius 1 is 1.07 bits per heavy atom. The highest BCUT2D eigenvalue weighted by atomic mass is 35.5. The number of fused-ring (bicyclic) bond motifs is 1. The van der Waals surface area contributed by atoms with Crippen LogP contribution in [0.5, 0.6) is 0 Å². The first-order valence-electron chi connectivity index (χ1n) is 9.96. The number of rotatable bonds is 3. The van der Waals surface area contributed by atoms with E-state index in [0.717, 1.165) is 36.3 Å². The Morgan fingerprint density at radius 2 is 1.89 bits per heavy atom. The smallest absolute Gasteiger partial charge is 0.128 e. The third-order valence-corrected chi connectivity index (χ3v) is 7.18. The molecule has 2 aliphatic heterocycles. The maximum absolute atomic E-state index is 6.37. The fourth-order valence-electron chi connectivity index (χ4n) is 4.56. The van der Waals surface area contributed by atoms with E-state index in [1.807, 2.05) is 6.20 Å². The first kappa shape index (κ1) is 18.2. The molecule has 0 N–H and O–H groups in total. The molecule has 2 aromatic heterocycles. The molecule has 4 heterocycles. The molecule has 144 valence electrons. The first-order valence-corrected chi connectivity index (χ1v) is 11.2. The molecule has 3 nitrogen and oxygen atoms in total. The lowest BCUT2D eigenvalue weighted by molar-refractivity contribution is 0.299. The van der Waals surface area contributed by atoms with Crippen molar-refractivity contribution in [1.29, 1.82) is 0 Å². The molecule has 0 amide bonds. The predicted octanol–water partition coefficient (Wildman–Crippen LogP) is 5.64. The van der Waals surface area contributed by atoms with Crippen LogP contribution < -0.4 is 4.90 Å². The second kappa shape index (κ2) is 7.51. The van der Waals surface area contributed by atoms with Crippen LogP contribution in [0.3, 0.4) is 0 Å². The largest absolute Gasteiger partial charge is 0.357 e. The summed E-state index contributed by atoms with van der Waals surface area (Å²) in [4.78, 5) is 10.9. The van der Waals surface area contributed by atoms with E-state index in [0.29, 0.717) is 5.92 Å². The minimum Gasteiger partial charge on any atom is -0.357 e. The van der Waals surface area contributed by atoms with Gasteiger partial charge in [-0.2, -0.15) is 0 Å². The molecule has 28 heavy (non-hydrogen) atoms. The number of aromatic nitrogens is 1. The normalized spacial score (nSPS) is 19.8. The molecule has 1 aromatic carbocycles. The monoisotopic (exact) mass is 409 g/mol. The van der Waals surface area contributed by atoms with E-state index in [2.05, 4.69) is 59.3 Å². The van der Waals surface area contributed by atoms with Crippen molar-refractivity contribution in [3.63, 3.8) is 0 Å². The van der Waals surface area contributed by atoms with Crippen molar-refractivity contribution in [2.24, 2.45) is 0 Å². The highest BCUT2D eigenvalue weighted by molar-refractivity contribution is 7.16. The number of halogens is 1. The molecule has 0 unspecified atom stereocenters. The molecule has 3 aromatic rings. The van der Waals surface area contributed by atoms with Crippen LogP contribution in [0.2, 0.25) is 4.34 Å². The number of pyridine rings is 1. The van der Waals surface area contributed by atoms with Crippen LogP contribution in [-0.4, -0.2) is 36.6 Å². The van der Waals surface area contributed by atoms with Gasteiger partial charge in [-0.1, -0.05) is 35.9 Å². The molecule has 0 radical (unpaired) electrons. The molecular formula is C23H24ClN3S. The van der Waals surface area contributed by atoms with Gasteiger partial charge in [0.05, 0.1) is 4.34 Å². The van der Waals surface area contributed by atoms with E-state index in [1.54, 1.807) is 11.3 Å². The molecular weight excluding hydrogens is 386 g/mol. The zero-order valence-electron chi connectivity index (χ0n) is 16.1. The molecule has 0 bridgehead atoms. The summed E-state index contributed by atoms with van der Waals surface area (Å²) in [6, 6.07) is 15.3. The summed E-state index contributed by atoms with van der Waals surface area (Å²) >= 11 is 8.09. The van der Waals surface area contributed by atoms with Crippen molar-refractivity contribution in [3.05, 3.63) is 69.0 Å². The molecule has 1 fully saturated rings. The Kier molecular flexibility index (Phi) is 4.87. The van der Waals surface area contributed by atoms with Crippen LogP contribution >= 0.6 is 22.9 Å². The Morgan fingerprint density at radius 3 is 2.68 bits per heavy atom. The van der Waals surface area contributed by atoms with Gasteiger partial charge >= 0.3 is 0 Å². The summed E-state index contributed by atoms with van der Waals surface area (Å²) < 4.78 is 0.888. The minimum absolute atomic E-state index is 0.340. The fourth-order valence-corrected chi connectivity index (χ4v) is 5.98. The van der Waals surface area contributed by atoms with Crippen molar-refractivity contribution in [3.8, 4) is 11.1 Å². The van der Waals surface area contributed by atoms with Gasteiger partial charge in [-0.25, -0.2) is 4.98 Å². The quantitative estimate of drug-likeness (QED) is 0.557. The summed E-state index contributed by atoms with van der Waals surface area (Å²) in [5.41, 5.74) is 5.22. The molecule has 1 saturated heterocycles. The first-order chi connectivity index (χ1) is 13.7. The lowest BCUT2D eigenvalue weighted by Crippen LogP contribution is -2.30. The lowest BCUT2D eigenvalue weighted by atomic mass is 9.84. The lowest BCUT2D eigenvalue weighted by Gasteiger charge is -2.31. The molecule has 1 atom stereocenters. The molecule has 0 saturated carbocycles. The summed E-state index contributed by atoms with van der Waals surface area (Å²) in [5, 5.41) is 0. The number of hydrogen-bond acceptors (Lipinski definition) is 4. The summed E-state index contributed by atoms with van der Waals surface area (Å²) in [6.45, 7) is 4.24. The highest BCUT2D eigenvalue weighted by Crippen LogP contribution is 2.42. The van der Waals surface area contributed by atoms with E-state index in [4.69, 9.17) is 16.6 Å². The summed E-state index contributed by atoms with van der Waals surface area (Å²) in [6.07, 6.45) is 4.58. The van der Waals surface area contributed by atoms with Crippen LogP contribution in [0.4, 0.5) is 5.82 Å². The number of thiophene rings is 1. The summed E-state index contributed by atoms with van der Waals surface area (Å²) in [5.74, 6) is 1.44. The van der Waals surface area contributed by atoms with E-state index in [-0.39, 0.29) is 0 Å². The number of hydrogen-bond donors (Lipinski definition) is 0. The van der Waals surface area contributed by atoms with Gasteiger partial charge in [-0.15, -0.1) is 11.3 Å². The third-order valence-electron chi connectivity index (χ3n) is 5.92. The molecule has 0 spiro atoms. The van der Waals surface area contributed by atoms with Gasteiger partial charge in [0, 0.05) is 48.7 Å². The Bertz CT molecular complexity index is 976. The maximum atomic E-state index is 6.37. The van der Waals surface area contributed by atoms with E-state index < -0.39 is 0 Å². The SMILES string of the molecule is CN1Cc2sc(Cl)cc2[C@H](c2ccccc2-c2ccc(N3CCCC3)nc2)C1. The van der Waals surface area contributed by atoms with Crippen LogP contribution in [0, 0.1) is 0 Å². The predicted molar refractivity (Wildman–Crippen MR) is 119 cm³/mol. The zero-order chi connectivity index (χ0) is 19.1. The van der Waals surface area contributed by atoms with Crippen molar-refractivity contribution in [2.75, 3.05) is 31.6 Å². The second-order valence-corrected chi connectivity index (χ2v) is 9.63. The number of likely N-dealkylation sites (N-methyl/N-ethyl adjacent to an activating group) is 1. The van der Waals surface area contributed by atoms with Gasteiger partial charge in [-0.3, -0.25) is 0 Å². The maximum Gasteiger partial charge on any atom is 0.128 e. The Balaban J connectivity index is 1.53. The van der Waals surface area contributed by atoms with Gasteiger partial charge in [0.25, 0.3) is 0 Å². The average molecular weight is 410 g/mol. The van der Waals surface area contributed by atoms with E-state index in [1.165, 1.54) is 40.0 Å². The van der Waals surface area contributed by atoms with Crippen LogP contribution in [0.1, 0.15) is 34.8 Å². The second-order valence-electron chi connectivity index (χ2n) is 7.86. The summed E-state index contributed by atoms with van der Waals surface area (Å²) in [7, 11) is 2.19. The van der Waals surface area contributed by atoms with Crippen molar-refractivity contribution >= 4 is 28.8 Å². The van der Waals surface area contributed by atoms with Gasteiger partial charge in [0.1, 0.15) is 5.82 Å². The number of anilines is 1. The van der Waals surface area contributed by atoms with Crippen molar-refractivity contribution in [1.82, 2.24) is 9.88 Å². The molecule has 2 aliphatic rings. The number of benzene rings is 1. The van der Waals surface area contributed by atoms with Crippen LogP contribution in [-0.2, 0) is 6.54 Å². The number of nitrogens with zero attached hydrogens (tertiary/aromatic N) is 3. The van der Waals surface area contributed by atoms with Gasteiger partial charge in [-0.05, 0) is 54.8 Å². The van der Waals surface area contributed by atoms with Crippen LogP contribution in [0.15, 0.2) is 48.7 Å². The van der Waals surface area contributed by atoms with E-state index >= 15 is 0 Å². The Labute approximate surface area is 175 Å². The van der Waals surface area contributed by atoms with E-state index in [9.17, 15) is 0 Å². The minimum atomic E-state index is 0.340. The van der Waals surface area contributed by atoms with Gasteiger partial charge in [0.2, 0.25) is 0 Å². The van der Waals surface area contributed by atoms with Gasteiger partial charge < -0.3 is 9.80 Å². The zero-order valence-corrected chi connectivity index (χ0v) is 17.6. The molecule has 0 aliphatic carbocycles. The average Bonchev–Trinajstić information content (AvgIpc) is 3.37. The van der Waals surface area contributed by atoms with Crippen molar-refractivity contribution < 1.29 is 0 Å². The van der Waals surface area contributed by atoms with Crippen LogP contribution in [0.25, 0.3) is 11.1 Å². The topological polar surface area (TPSA) is 19.4 Å². The van der Waals surface area contributed by atoms with Crippen molar-refractivity contribution in [2.45, 2.75) is 25.3 Å². The van der Waals surface area contributed by atoms with Gasteiger partial charge in [0.15, 0.2) is 0 Å². The molecule has 5 heteroatoms. The third kappa shape index (κ3) is 3.34. The standard InChI is InChI=1S/C23H24ClN3S/c1-26-14-20(19-12-22(24)28-21(19)15-26)18-7-3-2-6-17(18)16-8-9-23(25-13-16)27-10-4-5-11-27/h2-3,6-9,12-13,20H,4-5,10-11,14-15H2,1H3/t20-/m0/s1. The Hall–Kier alpha value is -1.88. The fraction of sp³-hybridized carbons (Fsp3) is 0.348.